The Morgan fingerprint density at radius 1 is 1.50 bits per heavy atom. The topological polar surface area (TPSA) is 72.9 Å². The average molecular weight is 294 g/mol. The molecular formula is C14H22N4OS. The molecule has 1 saturated carbocycles. The molecule has 110 valence electrons. The smallest absolute Gasteiger partial charge is 0.270 e. The number of hydrogen-bond donors (Lipinski definition) is 2. The number of hydrogen-bond acceptors (Lipinski definition) is 3. The summed E-state index contributed by atoms with van der Waals surface area (Å²) in [6, 6.07) is 1.80. The normalized spacial score (nSPS) is 17.7. The zero-order valence-electron chi connectivity index (χ0n) is 12.1. The molecule has 1 amide bonds. The molecule has 0 atom stereocenters. The molecule has 1 aliphatic carbocycles. The minimum absolute atomic E-state index is 0.137. The van der Waals surface area contributed by atoms with Gasteiger partial charge in [-0.25, -0.2) is 0 Å². The van der Waals surface area contributed by atoms with Crippen LogP contribution in [0.15, 0.2) is 6.07 Å². The predicted octanol–water partition coefficient (Wildman–Crippen LogP) is 1.93. The fourth-order valence-electron chi connectivity index (χ4n) is 2.84. The monoisotopic (exact) mass is 294 g/mol. The van der Waals surface area contributed by atoms with Gasteiger partial charge in [0.1, 0.15) is 5.69 Å². The number of amides is 1. The summed E-state index contributed by atoms with van der Waals surface area (Å²) in [5, 5.41) is 7.37. The highest BCUT2D eigenvalue weighted by Gasteiger charge is 2.37. The van der Waals surface area contributed by atoms with E-state index in [1.54, 1.807) is 10.7 Å². The van der Waals surface area contributed by atoms with Crippen LogP contribution in [0, 0.1) is 6.92 Å². The number of rotatable bonds is 4. The standard InChI is InChI=1S/C14H22N4OS/c1-3-18-11(9-10(2)17-18)12(19)16-14(13(15)20)7-5-4-6-8-14/h9H,3-8H2,1-2H3,(H2,15,20)(H,16,19). The van der Waals surface area contributed by atoms with Crippen LogP contribution < -0.4 is 11.1 Å². The van der Waals surface area contributed by atoms with Gasteiger partial charge in [-0.2, -0.15) is 5.10 Å². The van der Waals surface area contributed by atoms with Crippen LogP contribution in [-0.2, 0) is 6.54 Å². The first-order valence-electron chi connectivity index (χ1n) is 7.15. The van der Waals surface area contributed by atoms with Gasteiger partial charge in [0.2, 0.25) is 0 Å². The van der Waals surface area contributed by atoms with E-state index in [-0.39, 0.29) is 5.91 Å². The zero-order valence-corrected chi connectivity index (χ0v) is 12.9. The molecule has 6 heteroatoms. The molecule has 0 unspecified atom stereocenters. The van der Waals surface area contributed by atoms with Crippen LogP contribution in [0.5, 0.6) is 0 Å². The van der Waals surface area contributed by atoms with Crippen LogP contribution in [0.3, 0.4) is 0 Å². The van der Waals surface area contributed by atoms with E-state index in [1.807, 2.05) is 13.8 Å². The zero-order chi connectivity index (χ0) is 14.8. The molecule has 2 rings (SSSR count). The van der Waals surface area contributed by atoms with Gasteiger partial charge in [-0.05, 0) is 32.8 Å². The van der Waals surface area contributed by atoms with Crippen molar-refractivity contribution in [3.05, 3.63) is 17.5 Å². The van der Waals surface area contributed by atoms with Crippen LogP contribution in [0.25, 0.3) is 0 Å². The van der Waals surface area contributed by atoms with Gasteiger partial charge in [0.05, 0.1) is 16.2 Å². The first-order valence-corrected chi connectivity index (χ1v) is 7.56. The van der Waals surface area contributed by atoms with Gasteiger partial charge >= 0.3 is 0 Å². The van der Waals surface area contributed by atoms with Crippen LogP contribution in [0.1, 0.15) is 55.2 Å². The number of carbonyl (C=O) groups excluding carboxylic acids is 1. The van der Waals surface area contributed by atoms with Crippen LogP contribution in [0.4, 0.5) is 0 Å². The molecule has 5 nitrogen and oxygen atoms in total. The highest BCUT2D eigenvalue weighted by atomic mass is 32.1. The molecule has 1 aliphatic rings. The number of nitrogens with two attached hydrogens (primary N) is 1. The van der Waals surface area contributed by atoms with Gasteiger partial charge < -0.3 is 11.1 Å². The van der Waals surface area contributed by atoms with Gasteiger partial charge in [-0.3, -0.25) is 9.48 Å². The molecule has 1 fully saturated rings. The molecule has 0 spiro atoms. The summed E-state index contributed by atoms with van der Waals surface area (Å²) >= 11 is 5.20. The maximum Gasteiger partial charge on any atom is 0.270 e. The third-order valence-corrected chi connectivity index (χ3v) is 4.36. The van der Waals surface area contributed by atoms with E-state index in [0.717, 1.165) is 31.4 Å². The molecule has 0 aliphatic heterocycles. The largest absolute Gasteiger partial charge is 0.391 e. The second kappa shape index (κ2) is 5.91. The van der Waals surface area contributed by atoms with Gasteiger partial charge in [-0.1, -0.05) is 31.5 Å². The maximum atomic E-state index is 12.5. The quantitative estimate of drug-likeness (QED) is 0.832. The van der Waals surface area contributed by atoms with Crippen molar-refractivity contribution in [3.63, 3.8) is 0 Å². The van der Waals surface area contributed by atoms with Crippen molar-refractivity contribution in [1.29, 1.82) is 0 Å². The van der Waals surface area contributed by atoms with E-state index in [1.165, 1.54) is 6.42 Å². The number of thiocarbonyl (C=S) groups is 1. The Labute approximate surface area is 124 Å². The highest BCUT2D eigenvalue weighted by molar-refractivity contribution is 7.80. The molecule has 1 heterocycles. The molecule has 3 N–H and O–H groups in total. The van der Waals surface area contributed by atoms with Crippen LogP contribution in [-0.4, -0.2) is 26.2 Å². The molecule has 0 aromatic carbocycles. The van der Waals surface area contributed by atoms with Crippen molar-refractivity contribution in [2.45, 2.75) is 58.0 Å². The van der Waals surface area contributed by atoms with Crippen molar-refractivity contribution in [2.24, 2.45) is 5.73 Å². The lowest BCUT2D eigenvalue weighted by atomic mass is 9.81. The Bertz CT molecular complexity index is 517. The molecule has 1 aromatic heterocycles. The van der Waals surface area contributed by atoms with E-state index in [0.29, 0.717) is 17.2 Å². The van der Waals surface area contributed by atoms with Gasteiger partial charge in [0, 0.05) is 6.54 Å². The van der Waals surface area contributed by atoms with Crippen molar-refractivity contribution >= 4 is 23.1 Å². The second-order valence-corrected chi connectivity index (χ2v) is 5.89. The van der Waals surface area contributed by atoms with E-state index >= 15 is 0 Å². The fourth-order valence-corrected chi connectivity index (χ4v) is 3.09. The first-order chi connectivity index (χ1) is 9.48. The average Bonchev–Trinajstić information content (AvgIpc) is 2.81. The number of aryl methyl sites for hydroxylation is 2. The van der Waals surface area contributed by atoms with Crippen molar-refractivity contribution < 1.29 is 4.79 Å². The molecule has 1 aromatic rings. The number of carbonyl (C=O) groups is 1. The van der Waals surface area contributed by atoms with Gasteiger partial charge in [0.25, 0.3) is 5.91 Å². The second-order valence-electron chi connectivity index (χ2n) is 5.45. The Kier molecular flexibility index (Phi) is 4.42. The summed E-state index contributed by atoms with van der Waals surface area (Å²) in [6.45, 7) is 4.51. The summed E-state index contributed by atoms with van der Waals surface area (Å²) in [7, 11) is 0. The minimum Gasteiger partial charge on any atom is -0.391 e. The molecule has 20 heavy (non-hydrogen) atoms. The highest BCUT2D eigenvalue weighted by Crippen LogP contribution is 2.29. The molecule has 0 bridgehead atoms. The SMILES string of the molecule is CCn1nc(C)cc1C(=O)NC1(C(N)=S)CCCCC1. The number of nitrogens with zero attached hydrogens (tertiary/aromatic N) is 2. The Morgan fingerprint density at radius 2 is 2.15 bits per heavy atom. The van der Waals surface area contributed by atoms with Crippen LogP contribution in [0.2, 0.25) is 0 Å². The van der Waals surface area contributed by atoms with E-state index in [9.17, 15) is 4.79 Å². The van der Waals surface area contributed by atoms with Crippen molar-refractivity contribution in [1.82, 2.24) is 15.1 Å². The van der Waals surface area contributed by atoms with Gasteiger partial charge in [0.15, 0.2) is 0 Å². The summed E-state index contributed by atoms with van der Waals surface area (Å²) < 4.78 is 1.71. The van der Waals surface area contributed by atoms with Gasteiger partial charge in [-0.15, -0.1) is 0 Å². The number of aromatic nitrogens is 2. The predicted molar refractivity (Wildman–Crippen MR) is 82.7 cm³/mol. The van der Waals surface area contributed by atoms with E-state index in [2.05, 4.69) is 10.4 Å². The minimum atomic E-state index is -0.526. The van der Waals surface area contributed by atoms with Crippen molar-refractivity contribution in [2.75, 3.05) is 0 Å². The molecule has 0 saturated heterocycles. The van der Waals surface area contributed by atoms with E-state index < -0.39 is 5.54 Å². The fraction of sp³-hybridized carbons (Fsp3) is 0.643. The molecular weight excluding hydrogens is 272 g/mol. The summed E-state index contributed by atoms with van der Waals surface area (Å²) in [6.07, 6.45) is 4.92. The lowest BCUT2D eigenvalue weighted by Gasteiger charge is -2.37. The van der Waals surface area contributed by atoms with Crippen LogP contribution >= 0.6 is 12.2 Å². The summed E-state index contributed by atoms with van der Waals surface area (Å²) in [5.41, 5.74) is 6.79. The van der Waals surface area contributed by atoms with E-state index in [4.69, 9.17) is 18.0 Å². The lowest BCUT2D eigenvalue weighted by molar-refractivity contribution is 0.0897. The van der Waals surface area contributed by atoms with Crippen molar-refractivity contribution in [3.8, 4) is 0 Å². The summed E-state index contributed by atoms with van der Waals surface area (Å²) in [4.78, 5) is 12.9. The summed E-state index contributed by atoms with van der Waals surface area (Å²) in [5.74, 6) is -0.137. The first kappa shape index (κ1) is 15.0. The third kappa shape index (κ3) is 2.85. The Balaban J connectivity index is 2.22. The lowest BCUT2D eigenvalue weighted by Crippen LogP contribution is -2.57. The third-order valence-electron chi connectivity index (χ3n) is 3.97. The number of nitrogens with one attached hydrogen (secondary N) is 1. The Morgan fingerprint density at radius 3 is 2.70 bits per heavy atom. The Hall–Kier alpha value is -1.43. The molecule has 0 radical (unpaired) electrons. The maximum absolute atomic E-state index is 12.5.